The van der Waals surface area contributed by atoms with Gasteiger partial charge < -0.3 is 10.6 Å². The Balaban J connectivity index is 2.14. The Morgan fingerprint density at radius 2 is 1.74 bits per heavy atom. The highest BCUT2D eigenvalue weighted by Crippen LogP contribution is 2.30. The van der Waals surface area contributed by atoms with E-state index >= 15 is 0 Å². The molecule has 2 N–H and O–H groups in total. The molecule has 1 fully saturated rings. The van der Waals surface area contributed by atoms with Gasteiger partial charge in [0.2, 0.25) is 5.91 Å². The fraction of sp³-hybridized carbons (Fsp3) is 0.462. The van der Waals surface area contributed by atoms with Gasteiger partial charge in [-0.15, -0.1) is 0 Å². The van der Waals surface area contributed by atoms with Crippen LogP contribution in [0.1, 0.15) is 19.8 Å². The van der Waals surface area contributed by atoms with Gasteiger partial charge in [0.1, 0.15) is 0 Å². The zero-order valence-corrected chi connectivity index (χ0v) is 10.5. The first-order valence-corrected chi connectivity index (χ1v) is 6.09. The lowest BCUT2D eigenvalue weighted by molar-refractivity contribution is -0.126. The summed E-state index contributed by atoms with van der Waals surface area (Å²) in [4.78, 5) is 12.1. The molecular formula is C13H15F3N2O. The lowest BCUT2D eigenvalue weighted by Gasteiger charge is -2.32. The monoisotopic (exact) mass is 272 g/mol. The highest BCUT2D eigenvalue weighted by Gasteiger charge is 2.34. The molecule has 0 aromatic heterocycles. The highest BCUT2D eigenvalue weighted by molar-refractivity contribution is 5.95. The fourth-order valence-electron chi connectivity index (χ4n) is 2.12. The molecule has 19 heavy (non-hydrogen) atoms. The molecule has 1 aliphatic heterocycles. The number of carbonyl (C=O) groups is 1. The van der Waals surface area contributed by atoms with Crippen LogP contribution in [0.2, 0.25) is 0 Å². The molecule has 0 atom stereocenters. The zero-order chi connectivity index (χ0) is 14.0. The first kappa shape index (κ1) is 13.9. The molecule has 0 aliphatic carbocycles. The molecule has 1 aromatic carbocycles. The first-order valence-electron chi connectivity index (χ1n) is 6.09. The van der Waals surface area contributed by atoms with Crippen molar-refractivity contribution >= 4 is 11.6 Å². The van der Waals surface area contributed by atoms with Gasteiger partial charge in [-0.2, -0.15) is 0 Å². The Labute approximate surface area is 109 Å². The van der Waals surface area contributed by atoms with Crippen LogP contribution in [-0.4, -0.2) is 19.0 Å². The molecule has 0 spiro atoms. The second-order valence-corrected chi connectivity index (χ2v) is 5.02. The number of benzene rings is 1. The SMILES string of the molecule is CC1(C(=O)Nc2cc(F)c(F)c(F)c2)CCNCC1. The van der Waals surface area contributed by atoms with Crippen LogP contribution >= 0.6 is 0 Å². The van der Waals surface area contributed by atoms with E-state index in [1.165, 1.54) is 0 Å². The van der Waals surface area contributed by atoms with Crippen molar-refractivity contribution < 1.29 is 18.0 Å². The summed E-state index contributed by atoms with van der Waals surface area (Å²) in [5.41, 5.74) is -0.645. The Hall–Kier alpha value is -1.56. The van der Waals surface area contributed by atoms with E-state index in [0.717, 1.165) is 25.2 Å². The molecule has 1 aromatic rings. The maximum atomic E-state index is 13.1. The predicted molar refractivity (Wildman–Crippen MR) is 65.2 cm³/mol. The smallest absolute Gasteiger partial charge is 0.230 e. The summed E-state index contributed by atoms with van der Waals surface area (Å²) in [6.07, 6.45) is 1.29. The lowest BCUT2D eigenvalue weighted by Crippen LogP contribution is -2.42. The van der Waals surface area contributed by atoms with Crippen LogP contribution in [-0.2, 0) is 4.79 Å². The molecule has 3 nitrogen and oxygen atoms in total. The second-order valence-electron chi connectivity index (χ2n) is 5.02. The first-order chi connectivity index (χ1) is 8.92. The summed E-state index contributed by atoms with van der Waals surface area (Å²) in [6.45, 7) is 3.24. The van der Waals surface area contributed by atoms with Gasteiger partial charge in [-0.3, -0.25) is 4.79 Å². The number of anilines is 1. The summed E-state index contributed by atoms with van der Waals surface area (Å²) in [6, 6.07) is 1.56. The van der Waals surface area contributed by atoms with Gasteiger partial charge in [0, 0.05) is 23.2 Å². The number of hydrogen-bond acceptors (Lipinski definition) is 2. The van der Waals surface area contributed by atoms with Gasteiger partial charge >= 0.3 is 0 Å². The zero-order valence-electron chi connectivity index (χ0n) is 10.5. The molecule has 1 heterocycles. The average Bonchev–Trinajstić information content (AvgIpc) is 2.36. The molecule has 0 bridgehead atoms. The van der Waals surface area contributed by atoms with E-state index in [0.29, 0.717) is 12.8 Å². The molecule has 2 rings (SSSR count). The summed E-state index contributed by atoms with van der Waals surface area (Å²) < 4.78 is 38.9. The molecular weight excluding hydrogens is 257 g/mol. The Bertz CT molecular complexity index is 476. The van der Waals surface area contributed by atoms with Crippen LogP contribution in [0.4, 0.5) is 18.9 Å². The van der Waals surface area contributed by atoms with Crippen molar-refractivity contribution in [3.63, 3.8) is 0 Å². The van der Waals surface area contributed by atoms with E-state index in [2.05, 4.69) is 10.6 Å². The van der Waals surface area contributed by atoms with Crippen LogP contribution in [0.25, 0.3) is 0 Å². The van der Waals surface area contributed by atoms with E-state index in [4.69, 9.17) is 0 Å². The van der Waals surface area contributed by atoms with E-state index in [1.807, 2.05) is 0 Å². The van der Waals surface area contributed by atoms with E-state index in [1.54, 1.807) is 6.92 Å². The molecule has 0 radical (unpaired) electrons. The molecule has 104 valence electrons. The van der Waals surface area contributed by atoms with Crippen LogP contribution in [0.3, 0.4) is 0 Å². The van der Waals surface area contributed by atoms with Crippen molar-refractivity contribution in [2.24, 2.45) is 5.41 Å². The third-order valence-electron chi connectivity index (χ3n) is 3.50. The Kier molecular flexibility index (Phi) is 3.80. The quantitative estimate of drug-likeness (QED) is 0.812. The number of hydrogen-bond donors (Lipinski definition) is 2. The van der Waals surface area contributed by atoms with Crippen molar-refractivity contribution in [3.8, 4) is 0 Å². The van der Waals surface area contributed by atoms with E-state index in [9.17, 15) is 18.0 Å². The Morgan fingerprint density at radius 3 is 2.26 bits per heavy atom. The van der Waals surface area contributed by atoms with Gasteiger partial charge in [-0.05, 0) is 25.9 Å². The number of nitrogens with one attached hydrogen (secondary N) is 2. The standard InChI is InChI=1S/C13H15F3N2O/c1-13(2-4-17-5-3-13)12(19)18-8-6-9(14)11(16)10(15)7-8/h6-7,17H,2-5H2,1H3,(H,18,19). The van der Waals surface area contributed by atoms with Gasteiger partial charge in [-0.25, -0.2) is 13.2 Å². The minimum atomic E-state index is -1.54. The van der Waals surface area contributed by atoms with Crippen molar-refractivity contribution in [1.29, 1.82) is 0 Å². The van der Waals surface area contributed by atoms with Crippen molar-refractivity contribution in [2.75, 3.05) is 18.4 Å². The van der Waals surface area contributed by atoms with E-state index < -0.39 is 22.9 Å². The largest absolute Gasteiger partial charge is 0.325 e. The Morgan fingerprint density at radius 1 is 1.21 bits per heavy atom. The second kappa shape index (κ2) is 5.21. The van der Waals surface area contributed by atoms with Gasteiger partial charge in [0.25, 0.3) is 0 Å². The van der Waals surface area contributed by atoms with Gasteiger partial charge in [-0.1, -0.05) is 6.92 Å². The number of piperidine rings is 1. The lowest BCUT2D eigenvalue weighted by atomic mass is 9.80. The third kappa shape index (κ3) is 2.89. The van der Waals surface area contributed by atoms with Crippen LogP contribution in [0, 0.1) is 22.9 Å². The molecule has 0 unspecified atom stereocenters. The maximum Gasteiger partial charge on any atom is 0.230 e. The molecule has 1 aliphatic rings. The predicted octanol–water partition coefficient (Wildman–Crippen LogP) is 2.43. The number of halogens is 3. The van der Waals surface area contributed by atoms with Gasteiger partial charge in [0.15, 0.2) is 17.5 Å². The average molecular weight is 272 g/mol. The molecule has 1 saturated heterocycles. The minimum absolute atomic E-state index is 0.0684. The summed E-state index contributed by atoms with van der Waals surface area (Å²) in [5.74, 6) is -4.47. The van der Waals surface area contributed by atoms with Crippen molar-refractivity contribution in [1.82, 2.24) is 5.32 Å². The molecule has 1 amide bonds. The topological polar surface area (TPSA) is 41.1 Å². The fourth-order valence-corrected chi connectivity index (χ4v) is 2.12. The molecule has 0 saturated carbocycles. The highest BCUT2D eigenvalue weighted by atomic mass is 19.2. The number of amides is 1. The normalized spacial score (nSPS) is 18.1. The number of carbonyl (C=O) groups excluding carboxylic acids is 1. The van der Waals surface area contributed by atoms with E-state index in [-0.39, 0.29) is 11.6 Å². The maximum absolute atomic E-state index is 13.1. The summed E-state index contributed by atoms with van der Waals surface area (Å²) in [5, 5.41) is 5.58. The van der Waals surface area contributed by atoms with Crippen molar-refractivity contribution in [2.45, 2.75) is 19.8 Å². The minimum Gasteiger partial charge on any atom is -0.325 e. The number of rotatable bonds is 2. The van der Waals surface area contributed by atoms with Crippen LogP contribution < -0.4 is 10.6 Å². The van der Waals surface area contributed by atoms with Crippen LogP contribution in [0.5, 0.6) is 0 Å². The summed E-state index contributed by atoms with van der Waals surface area (Å²) >= 11 is 0. The van der Waals surface area contributed by atoms with Crippen LogP contribution in [0.15, 0.2) is 12.1 Å². The third-order valence-corrected chi connectivity index (χ3v) is 3.50. The van der Waals surface area contributed by atoms with Gasteiger partial charge in [0.05, 0.1) is 0 Å². The molecule has 6 heteroatoms. The summed E-state index contributed by atoms with van der Waals surface area (Å²) in [7, 11) is 0. The van der Waals surface area contributed by atoms with Crippen molar-refractivity contribution in [3.05, 3.63) is 29.6 Å².